The summed E-state index contributed by atoms with van der Waals surface area (Å²) in [6.45, 7) is 1.56. The number of rotatable bonds is 27. The highest BCUT2D eigenvalue weighted by Crippen LogP contribution is 2.40. The summed E-state index contributed by atoms with van der Waals surface area (Å²) in [7, 11) is 3.00. The number of nitrogens with zero attached hydrogens (tertiary/aromatic N) is 4. The second-order valence-corrected chi connectivity index (χ2v) is 19.7. The van der Waals surface area contributed by atoms with E-state index in [2.05, 4.69) is 38.7 Å². The number of allylic oxidation sites excluding steroid dienone is 2. The maximum atomic E-state index is 17.1. The van der Waals surface area contributed by atoms with Gasteiger partial charge >= 0.3 is 19.0 Å². The molecule has 4 N–H and O–H groups in total. The van der Waals surface area contributed by atoms with E-state index >= 15 is 8.63 Å². The minimum absolute atomic E-state index is 0.00830. The topological polar surface area (TPSA) is 221 Å². The minimum Gasteiger partial charge on any atom is -0.748 e. The van der Waals surface area contributed by atoms with Gasteiger partial charge < -0.3 is 47.0 Å². The molecule has 1 saturated heterocycles. The lowest BCUT2D eigenvalue weighted by Crippen LogP contribution is -3.09. The number of aryl methyl sites for hydroxylation is 2. The Kier molecular flexibility index (Phi) is 19.2. The molecule has 0 bridgehead atoms. The number of hydroxylamine groups is 2. The molecule has 0 spiro atoms. The first-order valence-corrected chi connectivity index (χ1v) is 24.5. The van der Waals surface area contributed by atoms with Crippen molar-refractivity contribution in [3.8, 4) is 0 Å². The van der Waals surface area contributed by atoms with Crippen LogP contribution in [0.15, 0.2) is 23.4 Å². The fourth-order valence-electron chi connectivity index (χ4n) is 8.20. The van der Waals surface area contributed by atoms with Crippen molar-refractivity contribution in [1.82, 2.24) is 25.5 Å². The number of likely N-dealkylation sites (N-methyl/N-ethyl adjacent to an activating group) is 1. The lowest BCUT2D eigenvalue weighted by Gasteiger charge is -2.32. The lowest BCUT2D eigenvalue weighted by molar-refractivity contribution is -0.878. The van der Waals surface area contributed by atoms with E-state index in [4.69, 9.17) is 4.84 Å². The smallest absolute Gasteiger partial charge is 0.737 e. The van der Waals surface area contributed by atoms with Gasteiger partial charge in [0.2, 0.25) is 11.8 Å². The van der Waals surface area contributed by atoms with Gasteiger partial charge in [-0.2, -0.15) is 0 Å². The molecule has 4 heterocycles. The van der Waals surface area contributed by atoms with Crippen LogP contribution in [0.5, 0.6) is 0 Å². The molecule has 2 unspecified atom stereocenters. The van der Waals surface area contributed by atoms with Crippen molar-refractivity contribution >= 4 is 64.5 Å². The lowest BCUT2D eigenvalue weighted by atomic mass is 9.88. The molecular formula is C43H68BF2N8O10S+. The van der Waals surface area contributed by atoms with E-state index in [9.17, 15) is 41.7 Å². The van der Waals surface area contributed by atoms with Crippen LogP contribution in [0.3, 0.4) is 0 Å². The number of aromatic nitrogens is 1. The van der Waals surface area contributed by atoms with Crippen LogP contribution in [0.25, 0.3) is 6.08 Å². The Labute approximate surface area is 381 Å². The van der Waals surface area contributed by atoms with E-state index in [-0.39, 0.29) is 44.4 Å². The molecule has 6 amide bonds. The van der Waals surface area contributed by atoms with Gasteiger partial charge in [-0.3, -0.25) is 24.5 Å². The Morgan fingerprint density at radius 1 is 0.923 bits per heavy atom. The second-order valence-electron chi connectivity index (χ2n) is 18.3. The summed E-state index contributed by atoms with van der Waals surface area (Å²) in [6, 6.07) is -1.14. The third-order valence-corrected chi connectivity index (χ3v) is 12.4. The molecule has 18 nitrogen and oxygen atoms in total. The van der Waals surface area contributed by atoms with Crippen LogP contribution >= 0.6 is 0 Å². The van der Waals surface area contributed by atoms with Gasteiger partial charge in [0.1, 0.15) is 11.8 Å². The Hall–Kier alpha value is -4.80. The molecule has 362 valence electrons. The third kappa shape index (κ3) is 15.7. The number of imide groups is 2. The Morgan fingerprint density at radius 2 is 1.60 bits per heavy atom. The first-order valence-electron chi connectivity index (χ1n) is 22.9. The van der Waals surface area contributed by atoms with Crippen molar-refractivity contribution < 1.29 is 69.1 Å². The van der Waals surface area contributed by atoms with Crippen LogP contribution < -0.4 is 20.9 Å². The minimum atomic E-state index is -5.02. The summed E-state index contributed by atoms with van der Waals surface area (Å²) in [5, 5.41) is 7.15. The van der Waals surface area contributed by atoms with E-state index in [1.54, 1.807) is 6.08 Å². The van der Waals surface area contributed by atoms with E-state index in [1.807, 2.05) is 31.4 Å². The summed E-state index contributed by atoms with van der Waals surface area (Å²) in [5.74, 6) is -4.89. The number of unbranched alkanes of at least 4 members (excludes halogenated alkanes) is 4. The molecule has 0 radical (unpaired) electrons. The van der Waals surface area contributed by atoms with Crippen LogP contribution in [0, 0.1) is 0 Å². The molecule has 1 aromatic rings. The summed E-state index contributed by atoms with van der Waals surface area (Å²) in [4.78, 5) is 80.0. The number of carbonyl (C=O) groups excluding carboxylic acids is 6. The zero-order valence-electron chi connectivity index (χ0n) is 38.8. The fraction of sp³-hybridized carbons (Fsp3) is 0.651. The van der Waals surface area contributed by atoms with Gasteiger partial charge in [-0.1, -0.05) is 26.7 Å². The van der Waals surface area contributed by atoms with Gasteiger partial charge in [0, 0.05) is 61.9 Å². The van der Waals surface area contributed by atoms with Crippen molar-refractivity contribution in [1.29, 1.82) is 0 Å². The quantitative estimate of drug-likeness (QED) is 0.0330. The number of amides is 6. The van der Waals surface area contributed by atoms with Crippen molar-refractivity contribution in [3.05, 3.63) is 40.4 Å². The Morgan fingerprint density at radius 3 is 2.25 bits per heavy atom. The van der Waals surface area contributed by atoms with E-state index < -0.39 is 64.5 Å². The first-order chi connectivity index (χ1) is 30.5. The molecular weight excluding hydrogens is 869 g/mol. The Bertz CT molecular complexity index is 2140. The van der Waals surface area contributed by atoms with Crippen molar-refractivity contribution in [2.45, 2.75) is 123 Å². The third-order valence-electron chi connectivity index (χ3n) is 11.6. The van der Waals surface area contributed by atoms with Crippen LogP contribution in [0.4, 0.5) is 13.4 Å². The van der Waals surface area contributed by atoms with Gasteiger partial charge in [0.25, 0.3) is 11.8 Å². The SMILES string of the molecule is CCCCC1=CC(CCC(=O)NC(=O)NC(CS(=O)(=O)[O-])C(=O)NCC[NH+](C)CCCCCC(=O)ON2C(=O)CCC2=O)=[N+]2C1=Cc1c(CCCC)cc(CCC[N+](C)(C)C)n1[B-]2(F)F. The fourth-order valence-corrected chi connectivity index (χ4v) is 8.85. The van der Waals surface area contributed by atoms with Gasteiger partial charge in [-0.25, -0.2) is 18.0 Å². The molecule has 4 rings (SSSR count). The predicted molar refractivity (Wildman–Crippen MR) is 238 cm³/mol. The number of fused-ring (bicyclic) bond motifs is 2. The highest BCUT2D eigenvalue weighted by molar-refractivity contribution is 7.85. The van der Waals surface area contributed by atoms with E-state index in [1.165, 1.54) is 4.48 Å². The predicted octanol–water partition coefficient (Wildman–Crippen LogP) is 1.95. The molecule has 3 aliphatic heterocycles. The van der Waals surface area contributed by atoms with Crippen molar-refractivity contribution in [3.63, 3.8) is 0 Å². The number of halogens is 2. The average Bonchev–Trinajstić information content (AvgIpc) is 3.86. The highest BCUT2D eigenvalue weighted by Gasteiger charge is 2.54. The average molecular weight is 938 g/mol. The molecule has 65 heavy (non-hydrogen) atoms. The van der Waals surface area contributed by atoms with Gasteiger partial charge in [0.05, 0.1) is 70.2 Å². The summed E-state index contributed by atoms with van der Waals surface area (Å²) in [5.41, 5.74) is 3.35. The molecule has 1 fully saturated rings. The molecule has 0 aliphatic carbocycles. The maximum Gasteiger partial charge on any atom is 0.737 e. The normalized spacial score (nSPS) is 16.7. The number of nitrogens with one attached hydrogen (secondary N) is 4. The molecule has 0 saturated carbocycles. The van der Waals surface area contributed by atoms with Crippen molar-refractivity contribution in [2.24, 2.45) is 0 Å². The standard InChI is InChI=1S/C43H67BF2N8O10S/c1-7-9-15-31-27-33(17-14-26-54(4,5)6)51-36(31)29-37-32(16-10-8-2)28-34(52(37)44(51,45)46)19-20-38(55)49-43(60)48-35(30-65(61,62)63)42(59)47-23-25-50(3)24-13-11-12-18-41(58)64-53-39(56)21-22-40(53)57/h27-29,35H,7-26,30H2,1-6H3,(H3-,47,48,49,55,59,60,61,62,63)/p+1. The van der Waals surface area contributed by atoms with Gasteiger partial charge in [-0.15, -0.1) is 5.06 Å². The largest absolute Gasteiger partial charge is 0.748 e. The molecule has 1 aromatic heterocycles. The summed E-state index contributed by atoms with van der Waals surface area (Å²) in [6.07, 6.45) is 10.6. The summed E-state index contributed by atoms with van der Waals surface area (Å²) >= 11 is 0. The second kappa shape index (κ2) is 23.6. The first kappa shape index (κ1) is 52.8. The maximum absolute atomic E-state index is 17.1. The van der Waals surface area contributed by atoms with Crippen LogP contribution in [-0.4, -0.2) is 146 Å². The van der Waals surface area contributed by atoms with Gasteiger partial charge in [-0.05, 0) is 68.7 Å². The molecule has 22 heteroatoms. The van der Waals surface area contributed by atoms with Crippen molar-refractivity contribution in [2.75, 3.05) is 60.1 Å². The zero-order chi connectivity index (χ0) is 48.1. The number of hydrogen-bond donors (Lipinski definition) is 4. The summed E-state index contributed by atoms with van der Waals surface area (Å²) < 4.78 is 72.2. The monoisotopic (exact) mass is 937 g/mol. The van der Waals surface area contributed by atoms with E-state index in [0.29, 0.717) is 84.7 Å². The number of quaternary nitrogens is 2. The zero-order valence-corrected chi connectivity index (χ0v) is 39.6. The molecule has 2 atom stereocenters. The number of carbonyl (C=O) groups is 6. The number of urea groups is 1. The van der Waals surface area contributed by atoms with Crippen LogP contribution in [-0.2, 0) is 51.8 Å². The number of hydrogen-bond acceptors (Lipinski definition) is 10. The highest BCUT2D eigenvalue weighted by atomic mass is 32.2. The van der Waals surface area contributed by atoms with Gasteiger partial charge in [0.15, 0.2) is 5.70 Å². The van der Waals surface area contributed by atoms with E-state index in [0.717, 1.165) is 52.8 Å². The molecule has 3 aliphatic rings. The molecule has 0 aromatic carbocycles. The van der Waals surface area contributed by atoms with Crippen LogP contribution in [0.1, 0.15) is 121 Å². The van der Waals surface area contributed by atoms with Crippen LogP contribution in [0.2, 0.25) is 0 Å². The Balaban J connectivity index is 1.33.